The number of halogens is 1. The summed E-state index contributed by atoms with van der Waals surface area (Å²) < 4.78 is 12.2. The van der Waals surface area contributed by atoms with E-state index in [4.69, 9.17) is 26.6 Å². The fourth-order valence-electron chi connectivity index (χ4n) is 5.22. The number of primary amides is 1. The Labute approximate surface area is 236 Å². The van der Waals surface area contributed by atoms with E-state index in [0.29, 0.717) is 22.4 Å². The second kappa shape index (κ2) is 9.36. The first-order valence-electron chi connectivity index (χ1n) is 13.1. The van der Waals surface area contributed by atoms with Crippen molar-refractivity contribution in [2.75, 3.05) is 10.6 Å². The van der Waals surface area contributed by atoms with E-state index in [0.717, 1.165) is 18.5 Å². The van der Waals surface area contributed by atoms with Crippen LogP contribution in [0, 0.1) is 5.41 Å². The van der Waals surface area contributed by atoms with Gasteiger partial charge in [-0.2, -0.15) is 5.10 Å². The fourth-order valence-corrected chi connectivity index (χ4v) is 5.51. The summed E-state index contributed by atoms with van der Waals surface area (Å²) in [7, 11) is 0. The molecule has 0 spiro atoms. The van der Waals surface area contributed by atoms with Gasteiger partial charge in [0.15, 0.2) is 0 Å². The van der Waals surface area contributed by atoms with Crippen molar-refractivity contribution in [3.05, 3.63) is 46.1 Å². The highest BCUT2D eigenvalue weighted by Crippen LogP contribution is 2.85. The van der Waals surface area contributed by atoms with Crippen LogP contribution in [0.3, 0.4) is 0 Å². The number of rotatable bonds is 8. The summed E-state index contributed by atoms with van der Waals surface area (Å²) >= 11 is 6.62. The number of benzene rings is 1. The van der Waals surface area contributed by atoms with E-state index in [1.165, 1.54) is 4.68 Å². The third kappa shape index (κ3) is 5.05. The number of nitrogens with two attached hydrogens (primary N) is 1. The Morgan fingerprint density at radius 1 is 1.20 bits per heavy atom. The smallest absolute Gasteiger partial charge is 0.413 e. The van der Waals surface area contributed by atoms with Gasteiger partial charge in [-0.3, -0.25) is 20.2 Å². The van der Waals surface area contributed by atoms with Crippen molar-refractivity contribution in [3.8, 4) is 11.3 Å². The molecule has 0 unspecified atom stereocenters. The molecule has 12 heteroatoms. The molecule has 3 aromatic rings. The number of carbonyl (C=O) groups excluding carboxylic acids is 3. The maximum atomic E-state index is 12.7. The maximum Gasteiger partial charge on any atom is 0.413 e. The van der Waals surface area contributed by atoms with Gasteiger partial charge in [-0.15, -0.1) is 0 Å². The number of nitrogens with zero attached hydrogens (tertiary/aromatic N) is 3. The van der Waals surface area contributed by atoms with E-state index in [2.05, 4.69) is 27.8 Å². The highest BCUT2D eigenvalue weighted by atomic mass is 35.5. The van der Waals surface area contributed by atoms with Crippen LogP contribution in [0.5, 0.6) is 0 Å². The SMILES string of the molecule is CC(C)n1nc(-c2ccc(CC(=O)Nc3cc(C45CC4(C)C5)no3)cc2Cl)c(C(N)=O)c1NC(=O)OC(C)(C)C. The van der Waals surface area contributed by atoms with E-state index in [1.807, 2.05) is 13.8 Å². The van der Waals surface area contributed by atoms with Crippen molar-refractivity contribution in [2.45, 2.75) is 77.9 Å². The quantitative estimate of drug-likeness (QED) is 0.326. The van der Waals surface area contributed by atoms with Crippen LogP contribution in [0.4, 0.5) is 16.5 Å². The van der Waals surface area contributed by atoms with Gasteiger partial charge < -0.3 is 15.0 Å². The number of carbonyl (C=O) groups is 3. The molecular weight excluding hydrogens is 536 g/mol. The van der Waals surface area contributed by atoms with Gasteiger partial charge in [-0.05, 0) is 64.5 Å². The first kappa shape index (κ1) is 27.7. The minimum absolute atomic E-state index is 0.00466. The van der Waals surface area contributed by atoms with E-state index in [1.54, 1.807) is 45.0 Å². The molecule has 4 N–H and O–H groups in total. The summed E-state index contributed by atoms with van der Waals surface area (Å²) in [5.74, 6) is -0.663. The van der Waals surface area contributed by atoms with Crippen molar-refractivity contribution >= 4 is 41.2 Å². The average molecular weight is 569 g/mol. The lowest BCUT2D eigenvalue weighted by Crippen LogP contribution is -2.29. The predicted octanol–water partition coefficient (Wildman–Crippen LogP) is 5.45. The third-order valence-corrected chi connectivity index (χ3v) is 7.78. The third-order valence-electron chi connectivity index (χ3n) is 7.47. The van der Waals surface area contributed by atoms with Gasteiger partial charge in [0.25, 0.3) is 5.91 Å². The zero-order valence-electron chi connectivity index (χ0n) is 23.3. The Balaban J connectivity index is 1.35. The first-order chi connectivity index (χ1) is 18.6. The van der Waals surface area contributed by atoms with Crippen LogP contribution in [-0.2, 0) is 21.4 Å². The summed E-state index contributed by atoms with van der Waals surface area (Å²) in [5.41, 5.74) is 7.61. The second-order valence-electron chi connectivity index (χ2n) is 12.2. The van der Waals surface area contributed by atoms with Gasteiger partial charge in [0, 0.05) is 23.1 Å². The predicted molar refractivity (Wildman–Crippen MR) is 149 cm³/mol. The number of fused-ring (bicyclic) bond motifs is 1. The molecule has 0 saturated heterocycles. The Bertz CT molecular complexity index is 1530. The van der Waals surface area contributed by atoms with Crippen molar-refractivity contribution in [3.63, 3.8) is 0 Å². The molecule has 2 fully saturated rings. The molecule has 0 radical (unpaired) electrons. The number of anilines is 2. The van der Waals surface area contributed by atoms with Gasteiger partial charge in [0.05, 0.1) is 17.1 Å². The molecular formula is C28H33ClN6O5. The van der Waals surface area contributed by atoms with E-state index >= 15 is 0 Å². The summed E-state index contributed by atoms with van der Waals surface area (Å²) in [6.45, 7) is 11.1. The van der Waals surface area contributed by atoms with E-state index in [-0.39, 0.29) is 45.9 Å². The minimum Gasteiger partial charge on any atom is -0.444 e. The zero-order valence-corrected chi connectivity index (χ0v) is 24.1. The first-order valence-corrected chi connectivity index (χ1v) is 13.5. The molecule has 11 nitrogen and oxygen atoms in total. The number of ether oxygens (including phenoxy) is 1. The highest BCUT2D eigenvalue weighted by Gasteiger charge is 2.82. The summed E-state index contributed by atoms with van der Waals surface area (Å²) in [6, 6.07) is 6.57. The molecule has 5 rings (SSSR count). The molecule has 2 saturated carbocycles. The normalized spacial score (nSPS) is 21.1. The van der Waals surface area contributed by atoms with Crippen molar-refractivity contribution in [2.24, 2.45) is 11.1 Å². The van der Waals surface area contributed by atoms with Crippen molar-refractivity contribution in [1.82, 2.24) is 14.9 Å². The molecule has 0 bridgehead atoms. The van der Waals surface area contributed by atoms with Crippen LogP contribution in [-0.4, -0.2) is 38.4 Å². The lowest BCUT2D eigenvalue weighted by atomic mass is 10.0. The van der Waals surface area contributed by atoms with Gasteiger partial charge in [0.1, 0.15) is 22.7 Å². The van der Waals surface area contributed by atoms with Crippen LogP contribution in [0.25, 0.3) is 11.3 Å². The molecule has 40 heavy (non-hydrogen) atoms. The molecule has 0 aliphatic heterocycles. The van der Waals surface area contributed by atoms with E-state index < -0.39 is 17.6 Å². The molecule has 0 atom stereocenters. The minimum atomic E-state index is -0.795. The summed E-state index contributed by atoms with van der Waals surface area (Å²) in [4.78, 5) is 37.8. The van der Waals surface area contributed by atoms with Crippen LogP contribution < -0.4 is 16.4 Å². The van der Waals surface area contributed by atoms with Gasteiger partial charge in [0.2, 0.25) is 11.8 Å². The topological polar surface area (TPSA) is 154 Å². The van der Waals surface area contributed by atoms with Gasteiger partial charge in [-0.25, -0.2) is 9.48 Å². The van der Waals surface area contributed by atoms with E-state index in [9.17, 15) is 14.4 Å². The number of hydrogen-bond donors (Lipinski definition) is 3. The molecule has 2 aliphatic carbocycles. The number of nitrogens with one attached hydrogen (secondary N) is 2. The Hall–Kier alpha value is -3.86. The summed E-state index contributed by atoms with van der Waals surface area (Å²) in [6.07, 6.45) is 1.50. The average Bonchev–Trinajstić information content (AvgIpc) is 3.35. The van der Waals surface area contributed by atoms with Crippen molar-refractivity contribution < 1.29 is 23.6 Å². The standard InChI is InChI=1S/C28H33ClN6O5/c1-14(2)35-24(32-25(38)39-26(3,4)5)21(23(30)37)22(33-35)16-8-7-15(9-17(16)29)10-19(36)31-20-11-18(34-40-20)28-12-27(28,6)13-28/h7-9,11,14H,10,12-13H2,1-6H3,(H2,30,37)(H,31,36)(H,32,38). The molecule has 212 valence electrons. The number of hydrogen-bond acceptors (Lipinski definition) is 7. The molecule has 2 heterocycles. The van der Waals surface area contributed by atoms with Crippen molar-refractivity contribution in [1.29, 1.82) is 0 Å². The fraction of sp³-hybridized carbons (Fsp3) is 0.464. The van der Waals surface area contributed by atoms with Crippen LogP contribution in [0.1, 0.15) is 82.0 Å². The monoisotopic (exact) mass is 568 g/mol. The molecule has 2 aromatic heterocycles. The molecule has 3 amide bonds. The van der Waals surface area contributed by atoms with Gasteiger partial charge in [-0.1, -0.05) is 35.8 Å². The summed E-state index contributed by atoms with van der Waals surface area (Å²) in [5, 5.41) is 14.3. The molecule has 2 aliphatic rings. The Morgan fingerprint density at radius 2 is 1.88 bits per heavy atom. The largest absolute Gasteiger partial charge is 0.444 e. The maximum absolute atomic E-state index is 12.7. The van der Waals surface area contributed by atoms with Crippen LogP contribution >= 0.6 is 11.6 Å². The Morgan fingerprint density at radius 3 is 2.42 bits per heavy atom. The zero-order chi connectivity index (χ0) is 29.2. The van der Waals surface area contributed by atoms with Gasteiger partial charge >= 0.3 is 6.09 Å². The second-order valence-corrected chi connectivity index (χ2v) is 12.6. The number of aromatic nitrogens is 3. The number of amides is 3. The van der Waals surface area contributed by atoms with Crippen LogP contribution in [0.2, 0.25) is 5.02 Å². The lowest BCUT2D eigenvalue weighted by molar-refractivity contribution is -0.115. The lowest BCUT2D eigenvalue weighted by Gasteiger charge is -2.20. The highest BCUT2D eigenvalue weighted by molar-refractivity contribution is 6.33. The Kier molecular flexibility index (Phi) is 6.48. The molecule has 1 aromatic carbocycles. The van der Waals surface area contributed by atoms with Crippen LogP contribution in [0.15, 0.2) is 28.8 Å².